The van der Waals surface area contributed by atoms with E-state index in [2.05, 4.69) is 4.72 Å². The summed E-state index contributed by atoms with van der Waals surface area (Å²) in [6.07, 6.45) is 0. The Morgan fingerprint density at radius 1 is 0.697 bits per heavy atom. The molecule has 1 N–H and O–H groups in total. The van der Waals surface area contributed by atoms with E-state index in [1.807, 2.05) is 24.3 Å². The van der Waals surface area contributed by atoms with Gasteiger partial charge in [-0.2, -0.15) is 0 Å². The summed E-state index contributed by atoms with van der Waals surface area (Å²) in [7, 11) is -3.88. The van der Waals surface area contributed by atoms with Crippen molar-refractivity contribution in [2.45, 2.75) is 11.4 Å². The van der Waals surface area contributed by atoms with Crippen LogP contribution in [0.1, 0.15) is 4.88 Å². The van der Waals surface area contributed by atoms with Gasteiger partial charge in [0.25, 0.3) is 0 Å². The third-order valence-corrected chi connectivity index (χ3v) is 8.82. The molecule has 4 rings (SSSR count). The predicted molar refractivity (Wildman–Crippen MR) is 141 cm³/mol. The van der Waals surface area contributed by atoms with Crippen LogP contribution in [-0.4, -0.2) is 8.42 Å². The summed E-state index contributed by atoms with van der Waals surface area (Å²) in [6.45, 7) is 0.0572. The number of hydrogen-bond acceptors (Lipinski definition) is 3. The van der Waals surface area contributed by atoms with Gasteiger partial charge in [-0.3, -0.25) is 0 Å². The fourth-order valence-electron chi connectivity index (χ4n) is 3.17. The van der Waals surface area contributed by atoms with Crippen LogP contribution in [0.25, 0.3) is 21.6 Å². The van der Waals surface area contributed by atoms with E-state index in [0.717, 1.165) is 26.4 Å². The van der Waals surface area contributed by atoms with E-state index < -0.39 is 10.0 Å². The SMILES string of the molecule is O=S(=O)(NCc1cc(-c2ccc(Cl)cc2)c(-c2ccc(Cl)cc2Cl)s1)c1cc(Cl)ccc1Cl. The maximum absolute atomic E-state index is 12.8. The van der Waals surface area contributed by atoms with E-state index in [-0.39, 0.29) is 21.5 Å². The van der Waals surface area contributed by atoms with Gasteiger partial charge in [0.1, 0.15) is 4.90 Å². The van der Waals surface area contributed by atoms with E-state index in [4.69, 9.17) is 58.0 Å². The average Bonchev–Trinajstić information content (AvgIpc) is 3.18. The quantitative estimate of drug-likeness (QED) is 0.249. The standard InChI is InChI=1S/C23H14Cl5NO2S2/c24-14-3-1-13(2-4-14)19-11-17(32-23(19)18-7-5-15(25)9-21(18)28)12-29-33(30,31)22-10-16(26)6-8-20(22)27/h1-11,29H,12H2. The van der Waals surface area contributed by atoms with Gasteiger partial charge in [-0.15, -0.1) is 11.3 Å². The molecule has 0 atom stereocenters. The zero-order valence-electron chi connectivity index (χ0n) is 16.6. The number of nitrogens with one attached hydrogen (secondary N) is 1. The van der Waals surface area contributed by atoms with Gasteiger partial charge in [0.05, 0.1) is 10.0 Å². The highest BCUT2D eigenvalue weighted by Crippen LogP contribution is 2.43. The summed E-state index contributed by atoms with van der Waals surface area (Å²) >= 11 is 32.1. The largest absolute Gasteiger partial charge is 0.242 e. The first kappa shape index (κ1) is 24.8. The van der Waals surface area contributed by atoms with Crippen molar-refractivity contribution in [1.29, 1.82) is 0 Å². The van der Waals surface area contributed by atoms with Gasteiger partial charge in [-0.05, 0) is 54.1 Å². The van der Waals surface area contributed by atoms with E-state index in [1.54, 1.807) is 24.3 Å². The number of thiophene rings is 1. The summed E-state index contributed by atoms with van der Waals surface area (Å²) in [5, 5.41) is 2.01. The van der Waals surface area contributed by atoms with Crippen molar-refractivity contribution in [3.8, 4) is 21.6 Å². The fraction of sp³-hybridized carbons (Fsp3) is 0.0435. The second-order valence-electron chi connectivity index (χ2n) is 6.99. The number of halogens is 5. The lowest BCUT2D eigenvalue weighted by Gasteiger charge is -2.08. The highest BCUT2D eigenvalue weighted by Gasteiger charge is 2.20. The Morgan fingerprint density at radius 2 is 1.33 bits per heavy atom. The number of hydrogen-bond donors (Lipinski definition) is 1. The second kappa shape index (κ2) is 10.1. The molecule has 3 aromatic carbocycles. The van der Waals surface area contributed by atoms with Crippen LogP contribution in [0.5, 0.6) is 0 Å². The monoisotopic (exact) mass is 575 g/mol. The molecule has 0 fully saturated rings. The van der Waals surface area contributed by atoms with Crippen molar-refractivity contribution in [1.82, 2.24) is 4.72 Å². The maximum atomic E-state index is 12.8. The van der Waals surface area contributed by atoms with Crippen LogP contribution in [0, 0.1) is 0 Å². The molecule has 3 nitrogen and oxygen atoms in total. The Kier molecular flexibility index (Phi) is 7.63. The third kappa shape index (κ3) is 5.69. The maximum Gasteiger partial charge on any atom is 0.242 e. The molecule has 0 bridgehead atoms. The molecule has 0 radical (unpaired) electrons. The summed E-state index contributed by atoms with van der Waals surface area (Å²) in [4.78, 5) is 1.59. The third-order valence-electron chi connectivity index (χ3n) is 4.73. The first-order chi connectivity index (χ1) is 15.6. The predicted octanol–water partition coefficient (Wildman–Crippen LogP) is 8.83. The molecule has 0 aliphatic heterocycles. The molecule has 0 aliphatic rings. The molecule has 0 amide bonds. The van der Waals surface area contributed by atoms with Crippen LogP contribution < -0.4 is 4.72 Å². The van der Waals surface area contributed by atoms with Gasteiger partial charge < -0.3 is 0 Å². The Morgan fingerprint density at radius 3 is 2.03 bits per heavy atom. The summed E-state index contributed by atoms with van der Waals surface area (Å²) in [5.74, 6) is 0. The van der Waals surface area contributed by atoms with Gasteiger partial charge in [0, 0.05) is 42.5 Å². The van der Waals surface area contributed by atoms with Crippen LogP contribution in [0.2, 0.25) is 25.1 Å². The smallest absolute Gasteiger partial charge is 0.207 e. The summed E-state index contributed by atoms with van der Waals surface area (Å²) < 4.78 is 28.3. The zero-order valence-corrected chi connectivity index (χ0v) is 22.0. The summed E-state index contributed by atoms with van der Waals surface area (Å²) in [6, 6.07) is 18.9. The van der Waals surface area contributed by atoms with E-state index in [9.17, 15) is 8.42 Å². The minimum absolute atomic E-state index is 0.0572. The van der Waals surface area contributed by atoms with Crippen molar-refractivity contribution in [2.24, 2.45) is 0 Å². The minimum Gasteiger partial charge on any atom is -0.207 e. The molecule has 0 saturated heterocycles. The topological polar surface area (TPSA) is 46.2 Å². The Bertz CT molecular complexity index is 1430. The van der Waals surface area contributed by atoms with Crippen LogP contribution in [0.3, 0.4) is 0 Å². The lowest BCUT2D eigenvalue weighted by molar-refractivity contribution is 0.582. The lowest BCUT2D eigenvalue weighted by Crippen LogP contribution is -2.23. The van der Waals surface area contributed by atoms with E-state index in [0.29, 0.717) is 15.1 Å². The van der Waals surface area contributed by atoms with Gasteiger partial charge in [0.2, 0.25) is 10.0 Å². The number of benzene rings is 3. The van der Waals surface area contributed by atoms with Crippen LogP contribution in [0.4, 0.5) is 0 Å². The zero-order chi connectivity index (χ0) is 23.8. The van der Waals surface area contributed by atoms with E-state index >= 15 is 0 Å². The van der Waals surface area contributed by atoms with Gasteiger partial charge in [0.15, 0.2) is 0 Å². The molecule has 0 aliphatic carbocycles. The van der Waals surface area contributed by atoms with Crippen LogP contribution in [0.15, 0.2) is 71.6 Å². The normalized spacial score (nSPS) is 11.7. The first-order valence-electron chi connectivity index (χ1n) is 9.43. The molecule has 0 saturated carbocycles. The molecule has 4 aromatic rings. The van der Waals surface area contributed by atoms with E-state index in [1.165, 1.54) is 29.5 Å². The van der Waals surface area contributed by atoms with Gasteiger partial charge in [-0.25, -0.2) is 13.1 Å². The molecular weight excluding hydrogens is 564 g/mol. The van der Waals surface area contributed by atoms with Gasteiger partial charge in [-0.1, -0.05) is 76.2 Å². The van der Waals surface area contributed by atoms with Crippen LogP contribution >= 0.6 is 69.3 Å². The Balaban J connectivity index is 1.72. The number of rotatable bonds is 6. The van der Waals surface area contributed by atoms with Crippen molar-refractivity contribution in [2.75, 3.05) is 0 Å². The van der Waals surface area contributed by atoms with Crippen molar-refractivity contribution in [3.05, 3.63) is 96.7 Å². The molecule has 0 spiro atoms. The molecule has 0 unspecified atom stereocenters. The molecule has 1 heterocycles. The van der Waals surface area contributed by atoms with Crippen LogP contribution in [-0.2, 0) is 16.6 Å². The molecule has 1 aromatic heterocycles. The highest BCUT2D eigenvalue weighted by atomic mass is 35.5. The molecule has 170 valence electrons. The fourth-order valence-corrected chi connectivity index (χ4v) is 6.88. The van der Waals surface area contributed by atoms with Gasteiger partial charge >= 0.3 is 0 Å². The van der Waals surface area contributed by atoms with Crippen molar-refractivity contribution >= 4 is 79.4 Å². The van der Waals surface area contributed by atoms with Crippen molar-refractivity contribution < 1.29 is 8.42 Å². The second-order valence-corrected chi connectivity index (χ2v) is 12.0. The molecular formula is C23H14Cl5NO2S2. The first-order valence-corrected chi connectivity index (χ1v) is 13.6. The average molecular weight is 578 g/mol. The highest BCUT2D eigenvalue weighted by molar-refractivity contribution is 7.89. The number of sulfonamides is 1. The minimum atomic E-state index is -3.88. The molecule has 10 heteroatoms. The Labute approximate surface area is 220 Å². The Hall–Kier alpha value is -1.28. The lowest BCUT2D eigenvalue weighted by atomic mass is 10.0. The molecule has 33 heavy (non-hydrogen) atoms. The summed E-state index contributed by atoms with van der Waals surface area (Å²) in [5.41, 5.74) is 2.61. The van der Waals surface area contributed by atoms with Crippen molar-refractivity contribution in [3.63, 3.8) is 0 Å².